The molecule has 2 unspecified atom stereocenters. The molecule has 1 saturated carbocycles. The molecule has 18 heavy (non-hydrogen) atoms. The van der Waals surface area contributed by atoms with Gasteiger partial charge >= 0.3 is 5.97 Å². The Bertz CT molecular complexity index is 528. The highest BCUT2D eigenvalue weighted by atomic mass is 32.1. The van der Waals surface area contributed by atoms with E-state index in [2.05, 4.69) is 0 Å². The Balaban J connectivity index is 1.94. The highest BCUT2D eigenvalue weighted by molar-refractivity contribution is 7.18. The quantitative estimate of drug-likeness (QED) is 0.826. The van der Waals surface area contributed by atoms with E-state index in [1.165, 1.54) is 17.0 Å². The number of nitrogens with zero attached hydrogens (tertiary/aromatic N) is 1. The number of anilines is 1. The number of imide groups is 1. The van der Waals surface area contributed by atoms with Crippen LogP contribution in [-0.2, 0) is 9.59 Å². The SMILES string of the molecule is O=C(O)c1ccc(N2C(=O)C3CCCC3C2=O)s1. The molecular formula is C12H11NO4S. The fourth-order valence-electron chi connectivity index (χ4n) is 2.77. The molecule has 1 N–H and O–H groups in total. The summed E-state index contributed by atoms with van der Waals surface area (Å²) in [6.45, 7) is 0. The van der Waals surface area contributed by atoms with Crippen molar-refractivity contribution in [2.24, 2.45) is 11.8 Å². The minimum atomic E-state index is -1.04. The second-order valence-corrected chi connectivity index (χ2v) is 5.66. The standard InChI is InChI=1S/C12H11NO4S/c14-10-6-2-1-3-7(6)11(15)13(10)9-5-4-8(18-9)12(16)17/h4-7H,1-3H2,(H,16,17). The molecule has 2 atom stereocenters. The molecular weight excluding hydrogens is 254 g/mol. The lowest BCUT2D eigenvalue weighted by Gasteiger charge is -2.12. The predicted molar refractivity (Wildman–Crippen MR) is 64.6 cm³/mol. The highest BCUT2D eigenvalue weighted by Gasteiger charge is 2.50. The molecule has 1 aromatic heterocycles. The molecule has 0 aromatic carbocycles. The summed E-state index contributed by atoms with van der Waals surface area (Å²) >= 11 is 0.969. The van der Waals surface area contributed by atoms with Gasteiger partial charge in [0.05, 0.1) is 11.8 Å². The Morgan fingerprint density at radius 1 is 1.22 bits per heavy atom. The third-order valence-electron chi connectivity index (χ3n) is 3.61. The maximum absolute atomic E-state index is 12.1. The van der Waals surface area contributed by atoms with Crippen LogP contribution in [0.2, 0.25) is 0 Å². The fourth-order valence-corrected chi connectivity index (χ4v) is 3.63. The first-order valence-corrected chi connectivity index (χ1v) is 6.62. The maximum atomic E-state index is 12.1. The number of rotatable bonds is 2. The first-order chi connectivity index (χ1) is 8.59. The van der Waals surface area contributed by atoms with Crippen LogP contribution in [-0.4, -0.2) is 22.9 Å². The average Bonchev–Trinajstić information content (AvgIpc) is 3.00. The van der Waals surface area contributed by atoms with Crippen LogP contribution in [0.3, 0.4) is 0 Å². The van der Waals surface area contributed by atoms with Crippen molar-refractivity contribution in [3.05, 3.63) is 17.0 Å². The predicted octanol–water partition coefficient (Wildman–Crippen LogP) is 1.74. The molecule has 6 heteroatoms. The zero-order chi connectivity index (χ0) is 12.9. The van der Waals surface area contributed by atoms with Crippen molar-refractivity contribution in [2.45, 2.75) is 19.3 Å². The van der Waals surface area contributed by atoms with E-state index < -0.39 is 5.97 Å². The van der Waals surface area contributed by atoms with Crippen LogP contribution in [0, 0.1) is 11.8 Å². The van der Waals surface area contributed by atoms with Crippen molar-refractivity contribution in [3.8, 4) is 0 Å². The normalized spacial score (nSPS) is 26.8. The Kier molecular flexibility index (Phi) is 2.48. The molecule has 0 spiro atoms. The van der Waals surface area contributed by atoms with E-state index >= 15 is 0 Å². The third kappa shape index (κ3) is 1.49. The molecule has 2 aliphatic rings. The number of fused-ring (bicyclic) bond motifs is 1. The molecule has 0 radical (unpaired) electrons. The van der Waals surface area contributed by atoms with Crippen molar-refractivity contribution < 1.29 is 19.5 Å². The first kappa shape index (κ1) is 11.4. The largest absolute Gasteiger partial charge is 0.477 e. The summed E-state index contributed by atoms with van der Waals surface area (Å²) in [5.41, 5.74) is 0. The first-order valence-electron chi connectivity index (χ1n) is 5.80. The summed E-state index contributed by atoms with van der Waals surface area (Å²) in [5, 5.41) is 9.28. The molecule has 0 bridgehead atoms. The summed E-state index contributed by atoms with van der Waals surface area (Å²) < 4.78 is 0. The van der Waals surface area contributed by atoms with Crippen LogP contribution in [0.15, 0.2) is 12.1 Å². The topological polar surface area (TPSA) is 74.7 Å². The minimum absolute atomic E-state index is 0.141. The van der Waals surface area contributed by atoms with Crippen LogP contribution < -0.4 is 4.90 Å². The van der Waals surface area contributed by atoms with Gasteiger partial charge in [-0.05, 0) is 25.0 Å². The smallest absolute Gasteiger partial charge is 0.345 e. The zero-order valence-corrected chi connectivity index (χ0v) is 10.3. The lowest BCUT2D eigenvalue weighted by molar-refractivity contribution is -0.122. The van der Waals surface area contributed by atoms with Gasteiger partial charge in [0.2, 0.25) is 11.8 Å². The van der Waals surface area contributed by atoms with Gasteiger partial charge in [-0.3, -0.25) is 9.59 Å². The second-order valence-electron chi connectivity index (χ2n) is 4.60. The van der Waals surface area contributed by atoms with Gasteiger partial charge in [0.1, 0.15) is 9.88 Å². The van der Waals surface area contributed by atoms with E-state index in [0.717, 1.165) is 30.6 Å². The summed E-state index contributed by atoms with van der Waals surface area (Å²) in [6, 6.07) is 2.96. The molecule has 2 amide bonds. The van der Waals surface area contributed by atoms with Gasteiger partial charge in [-0.2, -0.15) is 0 Å². The van der Waals surface area contributed by atoms with Crippen LogP contribution in [0.5, 0.6) is 0 Å². The van der Waals surface area contributed by atoms with Crippen LogP contribution >= 0.6 is 11.3 Å². The number of hydrogen-bond donors (Lipinski definition) is 1. The van der Waals surface area contributed by atoms with E-state index in [0.29, 0.717) is 5.00 Å². The average molecular weight is 265 g/mol. The van der Waals surface area contributed by atoms with E-state index in [-0.39, 0.29) is 28.5 Å². The number of aromatic carboxylic acids is 1. The Morgan fingerprint density at radius 2 is 1.83 bits per heavy atom. The molecule has 2 fully saturated rings. The van der Waals surface area contributed by atoms with E-state index in [4.69, 9.17) is 5.11 Å². The van der Waals surface area contributed by atoms with Gasteiger partial charge in [0.25, 0.3) is 0 Å². The van der Waals surface area contributed by atoms with Crippen molar-refractivity contribution in [3.63, 3.8) is 0 Å². The summed E-state index contributed by atoms with van der Waals surface area (Å²) in [6.07, 6.45) is 2.46. The molecule has 5 nitrogen and oxygen atoms in total. The summed E-state index contributed by atoms with van der Waals surface area (Å²) in [7, 11) is 0. The molecule has 1 saturated heterocycles. The molecule has 1 aliphatic carbocycles. The summed E-state index contributed by atoms with van der Waals surface area (Å²) in [4.78, 5) is 36.4. The maximum Gasteiger partial charge on any atom is 0.345 e. The fraction of sp³-hybridized carbons (Fsp3) is 0.417. The van der Waals surface area contributed by atoms with Gasteiger partial charge in [-0.15, -0.1) is 11.3 Å². The van der Waals surface area contributed by atoms with Crippen molar-refractivity contribution in [1.82, 2.24) is 0 Å². The zero-order valence-electron chi connectivity index (χ0n) is 9.46. The highest BCUT2D eigenvalue weighted by Crippen LogP contribution is 2.43. The number of hydrogen-bond acceptors (Lipinski definition) is 4. The number of carbonyl (C=O) groups excluding carboxylic acids is 2. The second kappa shape index (κ2) is 3.91. The van der Waals surface area contributed by atoms with E-state index in [9.17, 15) is 14.4 Å². The Morgan fingerprint density at radius 3 is 2.33 bits per heavy atom. The summed E-state index contributed by atoms with van der Waals surface area (Å²) in [5.74, 6) is -1.74. The van der Waals surface area contributed by atoms with Crippen molar-refractivity contribution in [1.29, 1.82) is 0 Å². The lowest BCUT2D eigenvalue weighted by atomic mass is 10.00. The number of carbonyl (C=O) groups is 3. The van der Waals surface area contributed by atoms with Gasteiger partial charge in [-0.25, -0.2) is 9.69 Å². The van der Waals surface area contributed by atoms with Gasteiger partial charge in [0.15, 0.2) is 0 Å². The number of carboxylic acids is 1. The monoisotopic (exact) mass is 265 g/mol. The number of thiophene rings is 1. The molecule has 94 valence electrons. The van der Waals surface area contributed by atoms with Gasteiger partial charge in [0, 0.05) is 0 Å². The van der Waals surface area contributed by atoms with Crippen LogP contribution in [0.25, 0.3) is 0 Å². The number of amides is 2. The lowest BCUT2D eigenvalue weighted by Crippen LogP contribution is -2.30. The van der Waals surface area contributed by atoms with E-state index in [1.54, 1.807) is 0 Å². The Hall–Kier alpha value is -1.69. The third-order valence-corrected chi connectivity index (χ3v) is 4.67. The van der Waals surface area contributed by atoms with Crippen molar-refractivity contribution >= 4 is 34.1 Å². The Labute approximate surface area is 107 Å². The van der Waals surface area contributed by atoms with E-state index in [1.807, 2.05) is 0 Å². The molecule has 3 rings (SSSR count). The van der Waals surface area contributed by atoms with Gasteiger partial charge in [-0.1, -0.05) is 6.42 Å². The van der Waals surface area contributed by atoms with Gasteiger partial charge < -0.3 is 5.11 Å². The number of carboxylic acid groups (broad SMARTS) is 1. The van der Waals surface area contributed by atoms with Crippen LogP contribution in [0.1, 0.15) is 28.9 Å². The molecule has 2 heterocycles. The molecule has 1 aliphatic heterocycles. The minimum Gasteiger partial charge on any atom is -0.477 e. The van der Waals surface area contributed by atoms with Crippen molar-refractivity contribution in [2.75, 3.05) is 4.90 Å². The van der Waals surface area contributed by atoms with Crippen LogP contribution in [0.4, 0.5) is 5.00 Å². The molecule has 1 aromatic rings.